The molecule has 0 radical (unpaired) electrons. The number of hydrogen-bond donors (Lipinski definition) is 2. The van der Waals surface area contributed by atoms with Crippen LogP contribution in [0.5, 0.6) is 0 Å². The van der Waals surface area contributed by atoms with Gasteiger partial charge in [-0.05, 0) is 49.5 Å². The number of carbonyl (C=O) groups excluding carboxylic acids is 2. The zero-order valence-electron chi connectivity index (χ0n) is 15.0. The van der Waals surface area contributed by atoms with Crippen LogP contribution in [0.2, 0.25) is 5.02 Å². The first-order valence-electron chi connectivity index (χ1n) is 9.01. The van der Waals surface area contributed by atoms with Gasteiger partial charge in [-0.15, -0.1) is 0 Å². The standard InChI is InChI=1S/C18H21ClF3N3O3/c19-13-3-1-11(2-4-13)15(24-16(26)14-9-23-17(27)28-14)12-5-7-25(8-6-12)10-18(20,21)22/h1-4,12,14-15H,5-10H2,(H,23,27)(H,24,26)/t14-,15?/m0/s1. The van der Waals surface area contributed by atoms with Crippen molar-refractivity contribution in [1.82, 2.24) is 15.5 Å². The molecular weight excluding hydrogens is 399 g/mol. The predicted molar refractivity (Wildman–Crippen MR) is 95.8 cm³/mol. The van der Waals surface area contributed by atoms with E-state index in [4.69, 9.17) is 16.3 Å². The third kappa shape index (κ3) is 5.51. The second kappa shape index (κ2) is 8.57. The van der Waals surface area contributed by atoms with E-state index in [1.54, 1.807) is 24.3 Å². The number of likely N-dealkylation sites (tertiary alicyclic amines) is 1. The molecule has 2 atom stereocenters. The van der Waals surface area contributed by atoms with Crippen molar-refractivity contribution in [3.8, 4) is 0 Å². The molecule has 6 nitrogen and oxygen atoms in total. The summed E-state index contributed by atoms with van der Waals surface area (Å²) >= 11 is 5.94. The molecule has 2 aliphatic heterocycles. The van der Waals surface area contributed by atoms with E-state index in [0.29, 0.717) is 31.0 Å². The summed E-state index contributed by atoms with van der Waals surface area (Å²) in [7, 11) is 0. The van der Waals surface area contributed by atoms with E-state index < -0.39 is 36.9 Å². The van der Waals surface area contributed by atoms with E-state index >= 15 is 0 Å². The molecule has 1 unspecified atom stereocenters. The Labute approximate surface area is 165 Å². The third-order valence-electron chi connectivity index (χ3n) is 5.01. The second-order valence-corrected chi connectivity index (χ2v) is 7.48. The van der Waals surface area contributed by atoms with Crippen LogP contribution >= 0.6 is 11.6 Å². The Bertz CT molecular complexity index is 706. The van der Waals surface area contributed by atoms with Crippen molar-refractivity contribution in [1.29, 1.82) is 0 Å². The van der Waals surface area contributed by atoms with E-state index in [-0.39, 0.29) is 12.5 Å². The molecule has 0 bridgehead atoms. The monoisotopic (exact) mass is 419 g/mol. The molecule has 154 valence electrons. The number of cyclic esters (lactones) is 1. The van der Waals surface area contributed by atoms with Gasteiger partial charge in [0.15, 0.2) is 6.10 Å². The fraction of sp³-hybridized carbons (Fsp3) is 0.556. The summed E-state index contributed by atoms with van der Waals surface area (Å²) in [5, 5.41) is 5.88. The van der Waals surface area contributed by atoms with Crippen LogP contribution in [0.4, 0.5) is 18.0 Å². The first-order valence-corrected chi connectivity index (χ1v) is 9.38. The normalized spacial score (nSPS) is 22.4. The SMILES string of the molecule is O=C1NC[C@@H](C(=O)NC(c2ccc(Cl)cc2)C2CCN(CC(F)(F)F)CC2)O1. The van der Waals surface area contributed by atoms with Crippen LogP contribution in [-0.2, 0) is 9.53 Å². The number of carbonyl (C=O) groups is 2. The number of alkyl carbamates (subject to hydrolysis) is 1. The number of hydrogen-bond acceptors (Lipinski definition) is 4. The van der Waals surface area contributed by atoms with Crippen LogP contribution in [-0.4, -0.2) is 55.4 Å². The van der Waals surface area contributed by atoms with Gasteiger partial charge in [0.25, 0.3) is 5.91 Å². The smallest absolute Gasteiger partial charge is 0.408 e. The molecule has 2 amide bonds. The van der Waals surface area contributed by atoms with Gasteiger partial charge in [0.05, 0.1) is 19.1 Å². The van der Waals surface area contributed by atoms with Crippen molar-refractivity contribution < 1.29 is 27.5 Å². The lowest BCUT2D eigenvalue weighted by Gasteiger charge is -2.37. The molecule has 2 saturated heterocycles. The molecule has 2 heterocycles. The lowest BCUT2D eigenvalue weighted by atomic mass is 9.85. The number of ether oxygens (including phenoxy) is 1. The van der Waals surface area contributed by atoms with E-state index in [9.17, 15) is 22.8 Å². The largest absolute Gasteiger partial charge is 0.434 e. The van der Waals surface area contributed by atoms with Crippen molar-refractivity contribution in [2.24, 2.45) is 5.92 Å². The third-order valence-corrected chi connectivity index (χ3v) is 5.26. The van der Waals surface area contributed by atoms with Gasteiger partial charge in [-0.1, -0.05) is 23.7 Å². The molecule has 28 heavy (non-hydrogen) atoms. The lowest BCUT2D eigenvalue weighted by molar-refractivity contribution is -0.149. The number of alkyl halides is 3. The van der Waals surface area contributed by atoms with Crippen molar-refractivity contribution in [3.63, 3.8) is 0 Å². The highest BCUT2D eigenvalue weighted by Gasteiger charge is 2.36. The fourth-order valence-electron chi connectivity index (χ4n) is 3.62. The predicted octanol–water partition coefficient (Wildman–Crippen LogP) is 2.88. The number of rotatable bonds is 5. The van der Waals surface area contributed by atoms with Gasteiger partial charge in [0, 0.05) is 5.02 Å². The molecule has 2 fully saturated rings. The van der Waals surface area contributed by atoms with E-state index in [1.807, 2.05) is 0 Å². The molecule has 2 aliphatic rings. The Morgan fingerprint density at radius 2 is 1.93 bits per heavy atom. The number of nitrogens with one attached hydrogen (secondary N) is 2. The Kier molecular flexibility index (Phi) is 6.34. The van der Waals surface area contributed by atoms with Crippen LogP contribution < -0.4 is 10.6 Å². The maximum absolute atomic E-state index is 12.6. The van der Waals surface area contributed by atoms with Crippen LogP contribution in [0.1, 0.15) is 24.4 Å². The van der Waals surface area contributed by atoms with Crippen molar-refractivity contribution in [3.05, 3.63) is 34.9 Å². The van der Waals surface area contributed by atoms with Crippen molar-refractivity contribution in [2.75, 3.05) is 26.2 Å². The quantitative estimate of drug-likeness (QED) is 0.770. The number of amides is 2. The number of benzene rings is 1. The number of nitrogens with zero attached hydrogens (tertiary/aromatic N) is 1. The fourth-order valence-corrected chi connectivity index (χ4v) is 3.75. The lowest BCUT2D eigenvalue weighted by Crippen LogP contribution is -2.46. The molecule has 0 aliphatic carbocycles. The minimum atomic E-state index is -4.23. The van der Waals surface area contributed by atoms with Crippen LogP contribution in [0.15, 0.2) is 24.3 Å². The molecule has 10 heteroatoms. The van der Waals surface area contributed by atoms with Crippen LogP contribution in [0.3, 0.4) is 0 Å². The van der Waals surface area contributed by atoms with Gasteiger partial charge in [-0.2, -0.15) is 13.2 Å². The first-order chi connectivity index (χ1) is 13.2. The van der Waals surface area contributed by atoms with Crippen LogP contribution in [0, 0.1) is 5.92 Å². The molecule has 1 aromatic carbocycles. The van der Waals surface area contributed by atoms with Crippen molar-refractivity contribution >= 4 is 23.6 Å². The summed E-state index contributed by atoms with van der Waals surface area (Å²) in [5.74, 6) is -0.476. The molecule has 0 aromatic heterocycles. The molecule has 1 aromatic rings. The minimum absolute atomic E-state index is 0.0420. The van der Waals surface area contributed by atoms with E-state index in [0.717, 1.165) is 5.56 Å². The Morgan fingerprint density at radius 3 is 2.46 bits per heavy atom. The van der Waals surface area contributed by atoms with Gasteiger partial charge in [0.1, 0.15) is 0 Å². The Morgan fingerprint density at radius 1 is 1.29 bits per heavy atom. The molecule has 2 N–H and O–H groups in total. The summed E-state index contributed by atoms with van der Waals surface area (Å²) in [5.41, 5.74) is 0.810. The maximum atomic E-state index is 12.6. The summed E-state index contributed by atoms with van der Waals surface area (Å²) in [6.45, 7) is -0.252. The minimum Gasteiger partial charge on any atom is -0.434 e. The molecule has 3 rings (SSSR count). The molecule has 0 saturated carbocycles. The topological polar surface area (TPSA) is 70.7 Å². The number of halogens is 4. The average Bonchev–Trinajstić information content (AvgIpc) is 3.06. The summed E-state index contributed by atoms with van der Waals surface area (Å²) < 4.78 is 42.8. The zero-order valence-corrected chi connectivity index (χ0v) is 15.7. The Balaban J connectivity index is 1.69. The second-order valence-electron chi connectivity index (χ2n) is 7.04. The summed E-state index contributed by atoms with van der Waals surface area (Å²) in [6.07, 6.45) is -4.79. The van der Waals surface area contributed by atoms with Gasteiger partial charge in [0.2, 0.25) is 0 Å². The first kappa shape index (κ1) is 20.7. The highest BCUT2D eigenvalue weighted by molar-refractivity contribution is 6.30. The average molecular weight is 420 g/mol. The summed E-state index contributed by atoms with van der Waals surface area (Å²) in [6, 6.07) is 6.57. The molecule has 0 spiro atoms. The van der Waals surface area contributed by atoms with E-state index in [2.05, 4.69) is 10.6 Å². The van der Waals surface area contributed by atoms with E-state index in [1.165, 1.54) is 4.90 Å². The van der Waals surface area contributed by atoms with Gasteiger partial charge >= 0.3 is 12.3 Å². The summed E-state index contributed by atoms with van der Waals surface area (Å²) in [4.78, 5) is 25.1. The Hall–Kier alpha value is -2.00. The zero-order chi connectivity index (χ0) is 20.3. The highest BCUT2D eigenvalue weighted by atomic mass is 35.5. The van der Waals surface area contributed by atoms with Gasteiger partial charge in [-0.3, -0.25) is 9.69 Å². The van der Waals surface area contributed by atoms with Crippen LogP contribution in [0.25, 0.3) is 0 Å². The van der Waals surface area contributed by atoms with Gasteiger partial charge < -0.3 is 15.4 Å². The van der Waals surface area contributed by atoms with Gasteiger partial charge in [-0.25, -0.2) is 4.79 Å². The van der Waals surface area contributed by atoms with Crippen molar-refractivity contribution in [2.45, 2.75) is 31.2 Å². The maximum Gasteiger partial charge on any atom is 0.408 e. The highest BCUT2D eigenvalue weighted by Crippen LogP contribution is 2.32. The number of piperidine rings is 1. The molecular formula is C18H21ClF3N3O3.